The SMILES string of the molecule is NCCCC[C@@H](N=C(N)N)C(=O)O. The van der Waals surface area contributed by atoms with E-state index in [1.54, 1.807) is 0 Å². The van der Waals surface area contributed by atoms with Gasteiger partial charge in [-0.2, -0.15) is 0 Å². The Morgan fingerprint density at radius 3 is 2.38 bits per heavy atom. The molecule has 76 valence electrons. The molecule has 0 heterocycles. The lowest BCUT2D eigenvalue weighted by Crippen LogP contribution is -2.29. The monoisotopic (exact) mass is 188 g/mol. The van der Waals surface area contributed by atoms with E-state index in [1.165, 1.54) is 0 Å². The standard InChI is InChI=1S/C7H16N4O2/c8-4-2-1-3-5(6(12)13)11-7(9)10/h5H,1-4,8H2,(H,12,13)(H4,9,10,11)/t5-/m1/s1. The molecule has 6 nitrogen and oxygen atoms in total. The quantitative estimate of drug-likeness (QED) is 0.237. The van der Waals surface area contributed by atoms with Crippen molar-refractivity contribution in [3.8, 4) is 0 Å². The first kappa shape index (κ1) is 11.7. The number of guanidine groups is 1. The maximum atomic E-state index is 10.6. The lowest BCUT2D eigenvalue weighted by Gasteiger charge is -2.06. The fourth-order valence-electron chi connectivity index (χ4n) is 0.905. The predicted octanol–water partition coefficient (Wildman–Crippen LogP) is -1.16. The molecule has 0 amide bonds. The fourth-order valence-corrected chi connectivity index (χ4v) is 0.905. The van der Waals surface area contributed by atoms with E-state index in [-0.39, 0.29) is 5.96 Å². The number of aliphatic imine (C=N–C) groups is 1. The van der Waals surface area contributed by atoms with Crippen LogP contribution < -0.4 is 17.2 Å². The fraction of sp³-hybridized carbons (Fsp3) is 0.714. The van der Waals surface area contributed by atoms with Crippen LogP contribution in [-0.2, 0) is 4.79 Å². The molecule has 0 unspecified atom stereocenters. The maximum absolute atomic E-state index is 10.6. The normalized spacial score (nSPS) is 12.1. The average molecular weight is 188 g/mol. The zero-order valence-corrected chi connectivity index (χ0v) is 7.44. The number of unbranched alkanes of at least 4 members (excludes halogenated alkanes) is 1. The highest BCUT2D eigenvalue weighted by molar-refractivity contribution is 5.81. The van der Waals surface area contributed by atoms with Gasteiger partial charge in [-0.15, -0.1) is 0 Å². The second-order valence-corrected chi connectivity index (χ2v) is 2.69. The molecule has 0 saturated carbocycles. The lowest BCUT2D eigenvalue weighted by atomic mass is 10.1. The van der Waals surface area contributed by atoms with Crippen LogP contribution in [0.5, 0.6) is 0 Å². The highest BCUT2D eigenvalue weighted by Crippen LogP contribution is 2.04. The summed E-state index contributed by atoms with van der Waals surface area (Å²) in [4.78, 5) is 14.2. The van der Waals surface area contributed by atoms with Crippen LogP contribution in [0.4, 0.5) is 0 Å². The van der Waals surface area contributed by atoms with E-state index in [4.69, 9.17) is 22.3 Å². The van der Waals surface area contributed by atoms with E-state index in [0.29, 0.717) is 19.4 Å². The zero-order chi connectivity index (χ0) is 10.3. The molecule has 0 aromatic carbocycles. The van der Waals surface area contributed by atoms with Gasteiger partial charge in [-0.05, 0) is 25.8 Å². The number of aliphatic carboxylic acids is 1. The molecule has 0 saturated heterocycles. The molecular weight excluding hydrogens is 172 g/mol. The van der Waals surface area contributed by atoms with Crippen LogP contribution in [0.2, 0.25) is 0 Å². The first-order chi connectivity index (χ1) is 6.07. The van der Waals surface area contributed by atoms with Gasteiger partial charge in [0, 0.05) is 0 Å². The summed E-state index contributed by atoms with van der Waals surface area (Å²) in [6, 6.07) is -0.837. The van der Waals surface area contributed by atoms with E-state index < -0.39 is 12.0 Å². The van der Waals surface area contributed by atoms with Crippen molar-refractivity contribution in [2.45, 2.75) is 25.3 Å². The number of rotatable bonds is 6. The number of hydrogen-bond donors (Lipinski definition) is 4. The van der Waals surface area contributed by atoms with Crippen LogP contribution in [0.25, 0.3) is 0 Å². The van der Waals surface area contributed by atoms with E-state index >= 15 is 0 Å². The molecule has 7 N–H and O–H groups in total. The van der Waals surface area contributed by atoms with Gasteiger partial charge >= 0.3 is 5.97 Å². The summed E-state index contributed by atoms with van der Waals surface area (Å²) in [5.74, 6) is -1.20. The third-order valence-electron chi connectivity index (χ3n) is 1.52. The number of carbonyl (C=O) groups is 1. The van der Waals surface area contributed by atoms with Gasteiger partial charge in [0.15, 0.2) is 12.0 Å². The Kier molecular flexibility index (Phi) is 5.62. The molecule has 0 aliphatic carbocycles. The number of nitrogens with zero attached hydrogens (tertiary/aromatic N) is 1. The molecule has 0 aliphatic rings. The van der Waals surface area contributed by atoms with Crippen molar-refractivity contribution in [1.82, 2.24) is 0 Å². The van der Waals surface area contributed by atoms with Gasteiger partial charge in [0.1, 0.15) is 0 Å². The Labute approximate surface area is 76.8 Å². The van der Waals surface area contributed by atoms with Crippen LogP contribution in [0, 0.1) is 0 Å². The predicted molar refractivity (Wildman–Crippen MR) is 50.1 cm³/mol. The minimum absolute atomic E-state index is 0.194. The molecule has 0 fully saturated rings. The molecule has 0 rings (SSSR count). The number of nitrogens with two attached hydrogens (primary N) is 3. The second kappa shape index (κ2) is 6.24. The number of hydrogen-bond acceptors (Lipinski definition) is 3. The van der Waals surface area contributed by atoms with Crippen LogP contribution in [0.15, 0.2) is 4.99 Å². The van der Waals surface area contributed by atoms with Gasteiger partial charge in [0.25, 0.3) is 0 Å². The largest absolute Gasteiger partial charge is 0.480 e. The van der Waals surface area contributed by atoms with Crippen molar-refractivity contribution < 1.29 is 9.90 Å². The van der Waals surface area contributed by atoms with Gasteiger partial charge in [0.05, 0.1) is 0 Å². The van der Waals surface area contributed by atoms with Crippen molar-refractivity contribution in [2.75, 3.05) is 6.54 Å². The molecule has 6 heteroatoms. The first-order valence-corrected chi connectivity index (χ1v) is 4.09. The molecular formula is C7H16N4O2. The molecule has 0 aromatic rings. The summed E-state index contributed by atoms with van der Waals surface area (Å²) in [7, 11) is 0. The van der Waals surface area contributed by atoms with Gasteiger partial charge in [-0.1, -0.05) is 0 Å². The topological polar surface area (TPSA) is 128 Å². The number of carboxylic acid groups (broad SMARTS) is 1. The Hall–Kier alpha value is -1.30. The third kappa shape index (κ3) is 5.92. The van der Waals surface area contributed by atoms with Crippen LogP contribution in [-0.4, -0.2) is 29.6 Å². The highest BCUT2D eigenvalue weighted by Gasteiger charge is 2.15. The van der Waals surface area contributed by atoms with Crippen molar-refractivity contribution in [1.29, 1.82) is 0 Å². The summed E-state index contributed by atoms with van der Waals surface area (Å²) in [5.41, 5.74) is 15.4. The van der Waals surface area contributed by atoms with Crippen molar-refractivity contribution >= 4 is 11.9 Å². The summed E-state index contributed by atoms with van der Waals surface area (Å²) >= 11 is 0. The molecule has 0 radical (unpaired) electrons. The molecule has 13 heavy (non-hydrogen) atoms. The number of carboxylic acids is 1. The Morgan fingerprint density at radius 2 is 2.00 bits per heavy atom. The highest BCUT2D eigenvalue weighted by atomic mass is 16.4. The van der Waals surface area contributed by atoms with Gasteiger partial charge in [-0.25, -0.2) is 9.79 Å². The van der Waals surface area contributed by atoms with Crippen LogP contribution >= 0.6 is 0 Å². The smallest absolute Gasteiger partial charge is 0.328 e. The Morgan fingerprint density at radius 1 is 1.38 bits per heavy atom. The summed E-state index contributed by atoms with van der Waals surface area (Å²) in [5, 5.41) is 8.67. The minimum atomic E-state index is -1.01. The van der Waals surface area contributed by atoms with E-state index in [0.717, 1.165) is 6.42 Å². The van der Waals surface area contributed by atoms with Crippen molar-refractivity contribution in [3.63, 3.8) is 0 Å². The summed E-state index contributed by atoms with van der Waals surface area (Å²) in [6.45, 7) is 0.550. The molecule has 0 spiro atoms. The van der Waals surface area contributed by atoms with Crippen molar-refractivity contribution in [3.05, 3.63) is 0 Å². The van der Waals surface area contributed by atoms with Gasteiger partial charge in [-0.3, -0.25) is 0 Å². The van der Waals surface area contributed by atoms with Crippen molar-refractivity contribution in [2.24, 2.45) is 22.2 Å². The van der Waals surface area contributed by atoms with Gasteiger partial charge < -0.3 is 22.3 Å². The molecule has 0 aliphatic heterocycles. The first-order valence-electron chi connectivity index (χ1n) is 4.09. The third-order valence-corrected chi connectivity index (χ3v) is 1.52. The zero-order valence-electron chi connectivity index (χ0n) is 7.44. The molecule has 0 bridgehead atoms. The van der Waals surface area contributed by atoms with Crippen LogP contribution in [0.3, 0.4) is 0 Å². The summed E-state index contributed by atoms with van der Waals surface area (Å²) in [6.07, 6.45) is 1.92. The van der Waals surface area contributed by atoms with E-state index in [2.05, 4.69) is 4.99 Å². The van der Waals surface area contributed by atoms with Gasteiger partial charge in [0.2, 0.25) is 0 Å². The Balaban J connectivity index is 3.96. The minimum Gasteiger partial charge on any atom is -0.480 e. The lowest BCUT2D eigenvalue weighted by molar-refractivity contribution is -0.138. The molecule has 0 aromatic heterocycles. The van der Waals surface area contributed by atoms with E-state index in [9.17, 15) is 4.79 Å². The average Bonchev–Trinajstić information content (AvgIpc) is 2.02. The molecule has 1 atom stereocenters. The van der Waals surface area contributed by atoms with Crippen LogP contribution in [0.1, 0.15) is 19.3 Å². The maximum Gasteiger partial charge on any atom is 0.328 e. The van der Waals surface area contributed by atoms with E-state index in [1.807, 2.05) is 0 Å². The second-order valence-electron chi connectivity index (χ2n) is 2.69. The Bertz CT molecular complexity index is 189. The summed E-state index contributed by atoms with van der Waals surface area (Å²) < 4.78 is 0.